The molecule has 1 atom stereocenters. The van der Waals surface area contributed by atoms with Gasteiger partial charge in [-0.05, 0) is 24.6 Å². The minimum absolute atomic E-state index is 0.112. The van der Waals surface area contributed by atoms with Crippen LogP contribution in [0.4, 0.5) is 10.1 Å². The normalized spacial score (nSPS) is 23.1. The first-order chi connectivity index (χ1) is 11.1. The van der Waals surface area contributed by atoms with E-state index in [2.05, 4.69) is 20.4 Å². The largest absolute Gasteiger partial charge is 0.324 e. The van der Waals surface area contributed by atoms with E-state index < -0.39 is 5.82 Å². The molecule has 1 amide bonds. The zero-order valence-electron chi connectivity index (χ0n) is 13.0. The molecular formula is C16H22ClFN4O. The third kappa shape index (κ3) is 4.41. The van der Waals surface area contributed by atoms with Gasteiger partial charge < -0.3 is 10.6 Å². The second-order valence-electron chi connectivity index (χ2n) is 6.14. The van der Waals surface area contributed by atoms with Crippen molar-refractivity contribution in [2.75, 3.05) is 51.1 Å². The SMILES string of the molecule is O=C(CN1CCC(N2CCNCC2)C1)Nc1ccc(F)cc1Cl. The van der Waals surface area contributed by atoms with Crippen LogP contribution in [0.25, 0.3) is 0 Å². The van der Waals surface area contributed by atoms with Crippen LogP contribution < -0.4 is 10.6 Å². The number of nitrogens with one attached hydrogen (secondary N) is 2. The van der Waals surface area contributed by atoms with Gasteiger partial charge in [0.1, 0.15) is 5.82 Å². The Morgan fingerprint density at radius 2 is 2.13 bits per heavy atom. The molecular weight excluding hydrogens is 319 g/mol. The number of carbonyl (C=O) groups excluding carboxylic acids is 1. The van der Waals surface area contributed by atoms with Crippen LogP contribution >= 0.6 is 11.6 Å². The molecule has 0 spiro atoms. The van der Waals surface area contributed by atoms with Crippen LogP contribution in [0.3, 0.4) is 0 Å². The minimum atomic E-state index is -0.411. The smallest absolute Gasteiger partial charge is 0.238 e. The van der Waals surface area contributed by atoms with Gasteiger partial charge >= 0.3 is 0 Å². The maximum absolute atomic E-state index is 13.0. The average molecular weight is 341 g/mol. The first kappa shape index (κ1) is 16.6. The molecule has 0 radical (unpaired) electrons. The van der Waals surface area contributed by atoms with Crippen LogP contribution in [0.5, 0.6) is 0 Å². The molecule has 2 aliphatic rings. The molecule has 2 heterocycles. The Bertz CT molecular complexity index is 565. The van der Waals surface area contributed by atoms with Gasteiger partial charge in [0.15, 0.2) is 0 Å². The first-order valence-electron chi connectivity index (χ1n) is 8.04. The van der Waals surface area contributed by atoms with Crippen molar-refractivity contribution in [2.24, 2.45) is 0 Å². The lowest BCUT2D eigenvalue weighted by molar-refractivity contribution is -0.117. The molecule has 2 N–H and O–H groups in total. The van der Waals surface area contributed by atoms with E-state index in [-0.39, 0.29) is 10.9 Å². The Morgan fingerprint density at radius 3 is 2.87 bits per heavy atom. The maximum Gasteiger partial charge on any atom is 0.238 e. The number of hydrogen-bond donors (Lipinski definition) is 2. The lowest BCUT2D eigenvalue weighted by atomic mass is 10.2. The molecule has 1 unspecified atom stereocenters. The summed E-state index contributed by atoms with van der Waals surface area (Å²) in [5.74, 6) is -0.522. The van der Waals surface area contributed by atoms with Crippen LogP contribution in [0.1, 0.15) is 6.42 Å². The minimum Gasteiger partial charge on any atom is -0.324 e. The quantitative estimate of drug-likeness (QED) is 0.870. The van der Waals surface area contributed by atoms with Gasteiger partial charge in [-0.3, -0.25) is 14.6 Å². The molecule has 0 aliphatic carbocycles. The van der Waals surface area contributed by atoms with Crippen molar-refractivity contribution in [1.82, 2.24) is 15.1 Å². The number of likely N-dealkylation sites (tertiary alicyclic amines) is 1. The molecule has 3 rings (SSSR count). The molecule has 5 nitrogen and oxygen atoms in total. The number of nitrogens with zero attached hydrogens (tertiary/aromatic N) is 2. The number of benzene rings is 1. The third-order valence-corrected chi connectivity index (χ3v) is 4.80. The van der Waals surface area contributed by atoms with Crippen molar-refractivity contribution in [3.8, 4) is 0 Å². The van der Waals surface area contributed by atoms with Gasteiger partial charge in [-0.15, -0.1) is 0 Å². The fraction of sp³-hybridized carbons (Fsp3) is 0.562. The highest BCUT2D eigenvalue weighted by molar-refractivity contribution is 6.33. The molecule has 2 saturated heterocycles. The predicted molar refractivity (Wildman–Crippen MR) is 89.3 cm³/mol. The first-order valence-corrected chi connectivity index (χ1v) is 8.41. The number of anilines is 1. The number of hydrogen-bond acceptors (Lipinski definition) is 4. The van der Waals surface area contributed by atoms with Crippen molar-refractivity contribution in [2.45, 2.75) is 12.5 Å². The molecule has 1 aromatic carbocycles. The van der Waals surface area contributed by atoms with Gasteiger partial charge in [0.2, 0.25) is 5.91 Å². The number of amides is 1. The summed E-state index contributed by atoms with van der Waals surface area (Å²) >= 11 is 5.93. The molecule has 0 bridgehead atoms. The Labute approximate surface area is 140 Å². The van der Waals surface area contributed by atoms with E-state index in [9.17, 15) is 9.18 Å². The van der Waals surface area contributed by atoms with E-state index in [4.69, 9.17) is 11.6 Å². The van der Waals surface area contributed by atoms with Gasteiger partial charge in [-0.1, -0.05) is 11.6 Å². The summed E-state index contributed by atoms with van der Waals surface area (Å²) in [6.45, 7) is 6.44. The van der Waals surface area contributed by atoms with Gasteiger partial charge in [0.25, 0.3) is 0 Å². The average Bonchev–Trinajstić information content (AvgIpc) is 2.99. The van der Waals surface area contributed by atoms with E-state index in [0.29, 0.717) is 18.3 Å². The molecule has 2 aliphatic heterocycles. The summed E-state index contributed by atoms with van der Waals surface area (Å²) < 4.78 is 13.0. The maximum atomic E-state index is 13.0. The number of rotatable bonds is 4. The summed E-state index contributed by atoms with van der Waals surface area (Å²) in [5.41, 5.74) is 0.455. The standard InChI is InChI=1S/C16H22ClFN4O/c17-14-9-12(18)1-2-15(14)20-16(23)11-21-6-3-13(10-21)22-7-4-19-5-8-22/h1-2,9,13,19H,3-8,10-11H2,(H,20,23). The Hall–Kier alpha value is -1.21. The molecule has 0 saturated carbocycles. The molecule has 0 aromatic heterocycles. The Kier molecular flexibility index (Phi) is 5.48. The fourth-order valence-electron chi connectivity index (χ4n) is 3.28. The van der Waals surface area contributed by atoms with Gasteiger partial charge in [0.05, 0.1) is 17.3 Å². The second kappa shape index (κ2) is 7.57. The monoisotopic (exact) mass is 340 g/mol. The molecule has 23 heavy (non-hydrogen) atoms. The predicted octanol–water partition coefficient (Wildman–Crippen LogP) is 1.40. The van der Waals surface area contributed by atoms with Gasteiger partial charge in [0, 0.05) is 45.3 Å². The van der Waals surface area contributed by atoms with Crippen LogP contribution in [-0.4, -0.2) is 67.6 Å². The Morgan fingerprint density at radius 1 is 1.35 bits per heavy atom. The van der Waals surface area contributed by atoms with E-state index in [0.717, 1.165) is 45.7 Å². The van der Waals surface area contributed by atoms with E-state index in [1.807, 2.05) is 0 Å². The van der Waals surface area contributed by atoms with Crippen LogP contribution in [0.15, 0.2) is 18.2 Å². The summed E-state index contributed by atoms with van der Waals surface area (Å²) in [7, 11) is 0. The zero-order valence-corrected chi connectivity index (χ0v) is 13.8. The van der Waals surface area contributed by atoms with Crippen LogP contribution in [-0.2, 0) is 4.79 Å². The van der Waals surface area contributed by atoms with Crippen molar-refractivity contribution in [3.63, 3.8) is 0 Å². The molecule has 126 valence electrons. The Balaban J connectivity index is 1.48. The highest BCUT2D eigenvalue weighted by Crippen LogP contribution is 2.22. The van der Waals surface area contributed by atoms with E-state index >= 15 is 0 Å². The number of halogens is 2. The van der Waals surface area contributed by atoms with Crippen molar-refractivity contribution in [1.29, 1.82) is 0 Å². The lowest BCUT2D eigenvalue weighted by Crippen LogP contribution is -2.49. The van der Waals surface area contributed by atoms with Crippen LogP contribution in [0.2, 0.25) is 5.02 Å². The molecule has 2 fully saturated rings. The summed E-state index contributed by atoms with van der Waals surface area (Å²) in [5, 5.41) is 6.34. The van der Waals surface area contributed by atoms with Gasteiger partial charge in [-0.25, -0.2) is 4.39 Å². The van der Waals surface area contributed by atoms with Crippen molar-refractivity contribution < 1.29 is 9.18 Å². The summed E-state index contributed by atoms with van der Waals surface area (Å²) in [4.78, 5) is 16.8. The van der Waals surface area contributed by atoms with Crippen LogP contribution in [0, 0.1) is 5.82 Å². The topological polar surface area (TPSA) is 47.6 Å². The van der Waals surface area contributed by atoms with Crippen molar-refractivity contribution in [3.05, 3.63) is 29.0 Å². The lowest BCUT2D eigenvalue weighted by Gasteiger charge is -2.32. The molecule has 7 heteroatoms. The summed E-state index contributed by atoms with van der Waals surface area (Å²) in [6, 6.07) is 4.52. The highest BCUT2D eigenvalue weighted by atomic mass is 35.5. The third-order valence-electron chi connectivity index (χ3n) is 4.49. The van der Waals surface area contributed by atoms with E-state index in [1.165, 1.54) is 18.2 Å². The number of piperazine rings is 1. The zero-order chi connectivity index (χ0) is 16.2. The highest BCUT2D eigenvalue weighted by Gasteiger charge is 2.29. The second-order valence-corrected chi connectivity index (χ2v) is 6.54. The fourth-order valence-corrected chi connectivity index (χ4v) is 3.50. The number of carbonyl (C=O) groups is 1. The molecule has 1 aromatic rings. The van der Waals surface area contributed by atoms with E-state index in [1.54, 1.807) is 0 Å². The van der Waals surface area contributed by atoms with Gasteiger partial charge in [-0.2, -0.15) is 0 Å². The summed E-state index contributed by atoms with van der Waals surface area (Å²) in [6.07, 6.45) is 1.10. The van der Waals surface area contributed by atoms with Crippen molar-refractivity contribution >= 4 is 23.2 Å².